The fourth-order valence-corrected chi connectivity index (χ4v) is 1.57. The van der Waals surface area contributed by atoms with Gasteiger partial charge in [-0.1, -0.05) is 30.3 Å². The molecular formula is C13H18N2O4. The van der Waals surface area contributed by atoms with Crippen molar-refractivity contribution >= 4 is 11.9 Å². The molecule has 104 valence electrons. The highest BCUT2D eigenvalue weighted by Gasteiger charge is 2.18. The summed E-state index contributed by atoms with van der Waals surface area (Å²) in [6.45, 7) is 0.113. The maximum absolute atomic E-state index is 11.8. The summed E-state index contributed by atoms with van der Waals surface area (Å²) in [6.07, 6.45) is -0.735. The number of benzene rings is 1. The SMILES string of the molecule is COC(CNC(=O)C(N)c1ccccc1)CC(=O)O. The van der Waals surface area contributed by atoms with Crippen LogP contribution in [-0.2, 0) is 14.3 Å². The molecule has 2 atom stereocenters. The van der Waals surface area contributed by atoms with Crippen LogP contribution in [0.4, 0.5) is 0 Å². The third kappa shape index (κ3) is 5.07. The van der Waals surface area contributed by atoms with Gasteiger partial charge in [0.25, 0.3) is 0 Å². The van der Waals surface area contributed by atoms with Crippen molar-refractivity contribution in [2.45, 2.75) is 18.6 Å². The van der Waals surface area contributed by atoms with Crippen molar-refractivity contribution in [3.8, 4) is 0 Å². The average molecular weight is 266 g/mol. The van der Waals surface area contributed by atoms with Crippen LogP contribution in [0.15, 0.2) is 30.3 Å². The van der Waals surface area contributed by atoms with Crippen molar-refractivity contribution < 1.29 is 19.4 Å². The number of rotatable bonds is 7. The third-order valence-corrected chi connectivity index (χ3v) is 2.68. The van der Waals surface area contributed by atoms with E-state index in [0.29, 0.717) is 5.56 Å². The van der Waals surface area contributed by atoms with Gasteiger partial charge in [0.15, 0.2) is 0 Å². The lowest BCUT2D eigenvalue weighted by atomic mass is 10.1. The Morgan fingerprint density at radius 1 is 1.37 bits per heavy atom. The van der Waals surface area contributed by atoms with Gasteiger partial charge in [0, 0.05) is 13.7 Å². The second-order valence-corrected chi connectivity index (χ2v) is 4.09. The maximum atomic E-state index is 11.8. The lowest BCUT2D eigenvalue weighted by molar-refractivity contribution is -0.140. The molecule has 0 saturated carbocycles. The summed E-state index contributed by atoms with van der Waals surface area (Å²) in [7, 11) is 1.40. The molecule has 0 radical (unpaired) electrons. The lowest BCUT2D eigenvalue weighted by Crippen LogP contribution is -2.39. The number of aliphatic carboxylic acids is 1. The summed E-state index contributed by atoms with van der Waals surface area (Å²) >= 11 is 0. The van der Waals surface area contributed by atoms with Gasteiger partial charge in [-0.2, -0.15) is 0 Å². The molecule has 1 amide bonds. The molecule has 1 aromatic rings. The maximum Gasteiger partial charge on any atom is 0.306 e. The predicted octanol–water partition coefficient (Wildman–Crippen LogP) is 0.292. The van der Waals surface area contributed by atoms with E-state index in [9.17, 15) is 9.59 Å². The minimum Gasteiger partial charge on any atom is -0.481 e. The highest BCUT2D eigenvalue weighted by Crippen LogP contribution is 2.09. The van der Waals surface area contributed by atoms with E-state index in [2.05, 4.69) is 5.32 Å². The number of carbonyl (C=O) groups is 2. The largest absolute Gasteiger partial charge is 0.481 e. The zero-order chi connectivity index (χ0) is 14.3. The summed E-state index contributed by atoms with van der Waals surface area (Å²) in [6, 6.07) is 8.17. The number of carboxylic acids is 1. The van der Waals surface area contributed by atoms with Gasteiger partial charge in [0.05, 0.1) is 12.5 Å². The standard InChI is InChI=1S/C13H18N2O4/c1-19-10(7-11(16)17)8-15-13(18)12(14)9-5-3-2-4-6-9/h2-6,10,12H,7-8,14H2,1H3,(H,15,18)(H,16,17). The molecule has 0 spiro atoms. The average Bonchev–Trinajstić information content (AvgIpc) is 2.42. The number of nitrogens with one attached hydrogen (secondary N) is 1. The van der Waals surface area contributed by atoms with Gasteiger partial charge in [-0.15, -0.1) is 0 Å². The molecule has 0 aliphatic carbocycles. The molecule has 19 heavy (non-hydrogen) atoms. The Hall–Kier alpha value is -1.92. The number of carbonyl (C=O) groups excluding carboxylic acids is 1. The van der Waals surface area contributed by atoms with Crippen LogP contribution in [0.3, 0.4) is 0 Å². The van der Waals surface area contributed by atoms with Gasteiger partial charge >= 0.3 is 5.97 Å². The van der Waals surface area contributed by atoms with E-state index in [4.69, 9.17) is 15.6 Å². The third-order valence-electron chi connectivity index (χ3n) is 2.68. The number of methoxy groups -OCH3 is 1. The van der Waals surface area contributed by atoms with Gasteiger partial charge in [-0.3, -0.25) is 9.59 Å². The molecule has 0 aromatic heterocycles. The van der Waals surface area contributed by atoms with Crippen molar-refractivity contribution in [1.82, 2.24) is 5.32 Å². The van der Waals surface area contributed by atoms with Crippen LogP contribution < -0.4 is 11.1 Å². The first-order chi connectivity index (χ1) is 9.04. The van der Waals surface area contributed by atoms with Crippen LogP contribution >= 0.6 is 0 Å². The van der Waals surface area contributed by atoms with Crippen LogP contribution in [0.25, 0.3) is 0 Å². The van der Waals surface area contributed by atoms with Gasteiger partial charge in [-0.25, -0.2) is 0 Å². The van der Waals surface area contributed by atoms with Gasteiger partial charge < -0.3 is 20.9 Å². The van der Waals surface area contributed by atoms with Crippen molar-refractivity contribution in [1.29, 1.82) is 0 Å². The number of nitrogens with two attached hydrogens (primary N) is 1. The van der Waals surface area contributed by atoms with Crippen LogP contribution in [0.2, 0.25) is 0 Å². The fourth-order valence-electron chi connectivity index (χ4n) is 1.57. The molecule has 4 N–H and O–H groups in total. The van der Waals surface area contributed by atoms with E-state index in [-0.39, 0.29) is 18.9 Å². The second kappa shape index (κ2) is 7.50. The molecule has 6 nitrogen and oxygen atoms in total. The van der Waals surface area contributed by atoms with E-state index in [0.717, 1.165) is 0 Å². The Balaban J connectivity index is 2.48. The van der Waals surface area contributed by atoms with E-state index in [1.54, 1.807) is 24.3 Å². The van der Waals surface area contributed by atoms with Crippen LogP contribution in [-0.4, -0.2) is 36.7 Å². The zero-order valence-electron chi connectivity index (χ0n) is 10.7. The first-order valence-electron chi connectivity index (χ1n) is 5.87. The van der Waals surface area contributed by atoms with E-state index in [1.165, 1.54) is 7.11 Å². The summed E-state index contributed by atoms with van der Waals surface area (Å²) in [4.78, 5) is 22.4. The number of hydrogen-bond donors (Lipinski definition) is 3. The van der Waals surface area contributed by atoms with Crippen molar-refractivity contribution in [3.63, 3.8) is 0 Å². The Kier molecular flexibility index (Phi) is 5.98. The van der Waals surface area contributed by atoms with Gasteiger partial charge in [-0.05, 0) is 5.56 Å². The van der Waals surface area contributed by atoms with E-state index in [1.807, 2.05) is 6.07 Å². The number of ether oxygens (including phenoxy) is 1. The predicted molar refractivity (Wildman–Crippen MR) is 69.4 cm³/mol. The Morgan fingerprint density at radius 3 is 2.53 bits per heavy atom. The number of carboxylic acid groups (broad SMARTS) is 1. The summed E-state index contributed by atoms with van der Waals surface area (Å²) in [5, 5.41) is 11.2. The zero-order valence-corrected chi connectivity index (χ0v) is 10.7. The molecule has 1 aromatic carbocycles. The van der Waals surface area contributed by atoms with E-state index < -0.39 is 18.1 Å². The molecule has 2 unspecified atom stereocenters. The van der Waals surface area contributed by atoms with Crippen LogP contribution in [0, 0.1) is 0 Å². The van der Waals surface area contributed by atoms with Crippen LogP contribution in [0.5, 0.6) is 0 Å². The molecule has 1 rings (SSSR count). The molecule has 0 fully saturated rings. The highest BCUT2D eigenvalue weighted by atomic mass is 16.5. The van der Waals surface area contributed by atoms with Crippen molar-refractivity contribution in [2.75, 3.05) is 13.7 Å². The second-order valence-electron chi connectivity index (χ2n) is 4.09. The minimum absolute atomic E-state index is 0.113. The molecule has 0 aliphatic heterocycles. The molecule has 6 heteroatoms. The smallest absolute Gasteiger partial charge is 0.306 e. The minimum atomic E-state index is -0.978. The fraction of sp³-hybridized carbons (Fsp3) is 0.385. The quantitative estimate of drug-likeness (QED) is 0.658. The number of hydrogen-bond acceptors (Lipinski definition) is 4. The molecule has 0 aliphatic rings. The Morgan fingerprint density at radius 2 is 2.00 bits per heavy atom. The first-order valence-corrected chi connectivity index (χ1v) is 5.87. The normalized spacial score (nSPS) is 13.6. The molecule has 0 saturated heterocycles. The van der Waals surface area contributed by atoms with Gasteiger partial charge in [0.2, 0.25) is 5.91 Å². The highest BCUT2D eigenvalue weighted by molar-refractivity contribution is 5.83. The monoisotopic (exact) mass is 266 g/mol. The topological polar surface area (TPSA) is 102 Å². The first kappa shape index (κ1) is 15.1. The Labute approximate surface area is 111 Å². The van der Waals surface area contributed by atoms with Crippen molar-refractivity contribution in [2.24, 2.45) is 5.73 Å². The summed E-state index contributed by atoms with van der Waals surface area (Å²) in [5.41, 5.74) is 6.50. The summed E-state index contributed by atoms with van der Waals surface area (Å²) < 4.78 is 4.96. The number of amides is 1. The molecule has 0 bridgehead atoms. The van der Waals surface area contributed by atoms with E-state index >= 15 is 0 Å². The van der Waals surface area contributed by atoms with Gasteiger partial charge in [0.1, 0.15) is 6.04 Å². The lowest BCUT2D eigenvalue weighted by Gasteiger charge is -2.16. The molecular weight excluding hydrogens is 248 g/mol. The summed E-state index contributed by atoms with van der Waals surface area (Å²) in [5.74, 6) is -1.34. The van der Waals surface area contributed by atoms with Crippen LogP contribution in [0.1, 0.15) is 18.0 Å². The van der Waals surface area contributed by atoms with Crippen molar-refractivity contribution in [3.05, 3.63) is 35.9 Å². The molecule has 0 heterocycles. The Bertz CT molecular complexity index is 422.